The van der Waals surface area contributed by atoms with Gasteiger partial charge >= 0.3 is 0 Å². The van der Waals surface area contributed by atoms with E-state index in [1.807, 2.05) is 7.05 Å². The van der Waals surface area contributed by atoms with Gasteiger partial charge in [-0.1, -0.05) is 33.1 Å². The highest BCUT2D eigenvalue weighted by Gasteiger charge is 2.23. The number of nitrogens with zero attached hydrogens (tertiary/aromatic N) is 2. The summed E-state index contributed by atoms with van der Waals surface area (Å²) in [5.74, 6) is 1.88. The van der Waals surface area contributed by atoms with E-state index in [0.717, 1.165) is 44.4 Å². The van der Waals surface area contributed by atoms with E-state index < -0.39 is 0 Å². The Morgan fingerprint density at radius 2 is 2.13 bits per heavy atom. The smallest absolute Gasteiger partial charge is 0.217 e. The number of unbranched alkanes of at least 4 members (excludes halogenated alkanes) is 1. The quantitative estimate of drug-likeness (QED) is 0.506. The van der Waals surface area contributed by atoms with Crippen molar-refractivity contribution in [2.45, 2.75) is 65.2 Å². The molecule has 5 nitrogen and oxygen atoms in total. The maximum atomic E-state index is 11.2. The summed E-state index contributed by atoms with van der Waals surface area (Å²) in [4.78, 5) is 17.9. The second-order valence-electron chi connectivity index (χ2n) is 6.85. The molecule has 1 rings (SSSR count). The average Bonchev–Trinajstić information content (AvgIpc) is 2.52. The van der Waals surface area contributed by atoms with Gasteiger partial charge in [-0.2, -0.15) is 0 Å². The monoisotopic (exact) mass is 324 g/mol. The molecule has 1 fully saturated rings. The zero-order valence-corrected chi connectivity index (χ0v) is 15.3. The Morgan fingerprint density at radius 1 is 1.35 bits per heavy atom. The highest BCUT2D eigenvalue weighted by molar-refractivity contribution is 5.80. The number of nitrogens with two attached hydrogens (primary N) is 1. The number of aliphatic imine (C=N–C) groups is 1. The van der Waals surface area contributed by atoms with Gasteiger partial charge in [0.15, 0.2) is 5.96 Å². The van der Waals surface area contributed by atoms with Crippen LogP contribution in [-0.2, 0) is 4.79 Å². The first-order valence-electron chi connectivity index (χ1n) is 9.34. The van der Waals surface area contributed by atoms with Crippen LogP contribution < -0.4 is 11.1 Å². The molecule has 0 aromatic carbocycles. The standard InChI is InChI=1S/C18H36N4O/c1-4-6-9-15(8-5-2)13-21-18(20-3)22-11-7-10-16(14-22)12-17(19)23/h15-16H,4-14H2,1-3H3,(H2,19,23)(H,20,21). The van der Waals surface area contributed by atoms with E-state index in [0.29, 0.717) is 12.3 Å². The van der Waals surface area contributed by atoms with Crippen molar-refractivity contribution in [1.82, 2.24) is 10.2 Å². The number of hydrogen-bond acceptors (Lipinski definition) is 2. The zero-order chi connectivity index (χ0) is 17.1. The third-order valence-electron chi connectivity index (χ3n) is 4.73. The molecule has 0 spiro atoms. The minimum Gasteiger partial charge on any atom is -0.370 e. The summed E-state index contributed by atoms with van der Waals surface area (Å²) >= 11 is 0. The maximum absolute atomic E-state index is 11.2. The Balaban J connectivity index is 2.49. The molecule has 3 N–H and O–H groups in total. The van der Waals surface area contributed by atoms with Crippen molar-refractivity contribution in [3.05, 3.63) is 0 Å². The Morgan fingerprint density at radius 3 is 2.74 bits per heavy atom. The van der Waals surface area contributed by atoms with Gasteiger partial charge in [0.1, 0.15) is 0 Å². The minimum absolute atomic E-state index is 0.192. The van der Waals surface area contributed by atoms with E-state index in [9.17, 15) is 4.79 Å². The molecule has 0 aromatic heterocycles. The lowest BCUT2D eigenvalue weighted by atomic mass is 9.94. The molecule has 0 saturated carbocycles. The van der Waals surface area contributed by atoms with Gasteiger partial charge in [0.25, 0.3) is 0 Å². The first kappa shape index (κ1) is 19.8. The molecule has 23 heavy (non-hydrogen) atoms. The molecular weight excluding hydrogens is 288 g/mol. The van der Waals surface area contributed by atoms with Crippen molar-refractivity contribution in [1.29, 1.82) is 0 Å². The number of likely N-dealkylation sites (tertiary alicyclic amines) is 1. The summed E-state index contributed by atoms with van der Waals surface area (Å²) in [5, 5.41) is 3.57. The maximum Gasteiger partial charge on any atom is 0.217 e. The number of carbonyl (C=O) groups is 1. The molecule has 1 amide bonds. The van der Waals surface area contributed by atoms with Crippen molar-refractivity contribution in [3.8, 4) is 0 Å². The number of piperidine rings is 1. The Kier molecular flexibility index (Phi) is 9.72. The minimum atomic E-state index is -0.192. The lowest BCUT2D eigenvalue weighted by Crippen LogP contribution is -2.48. The molecule has 0 aromatic rings. The van der Waals surface area contributed by atoms with Crippen LogP contribution in [0.15, 0.2) is 4.99 Å². The third kappa shape index (κ3) is 7.71. The van der Waals surface area contributed by atoms with E-state index in [1.165, 1.54) is 32.1 Å². The van der Waals surface area contributed by atoms with E-state index in [4.69, 9.17) is 5.73 Å². The number of nitrogens with one attached hydrogen (secondary N) is 1. The molecule has 1 heterocycles. The zero-order valence-electron chi connectivity index (χ0n) is 15.3. The van der Waals surface area contributed by atoms with Crippen LogP contribution in [0.2, 0.25) is 0 Å². The molecule has 0 radical (unpaired) electrons. The van der Waals surface area contributed by atoms with E-state index >= 15 is 0 Å². The SMILES string of the molecule is CCCCC(CCC)CNC(=NC)N1CCCC(CC(N)=O)C1. The Labute approximate surface area is 142 Å². The summed E-state index contributed by atoms with van der Waals surface area (Å²) < 4.78 is 0. The molecule has 0 aliphatic carbocycles. The van der Waals surface area contributed by atoms with Crippen molar-refractivity contribution >= 4 is 11.9 Å². The lowest BCUT2D eigenvalue weighted by molar-refractivity contribution is -0.119. The molecule has 1 aliphatic heterocycles. The molecule has 0 bridgehead atoms. The number of hydrogen-bond donors (Lipinski definition) is 2. The van der Waals surface area contributed by atoms with Gasteiger partial charge in [-0.05, 0) is 37.5 Å². The molecule has 2 atom stereocenters. The van der Waals surface area contributed by atoms with Gasteiger partial charge in [-0.15, -0.1) is 0 Å². The van der Waals surface area contributed by atoms with Crippen LogP contribution in [0.25, 0.3) is 0 Å². The summed E-state index contributed by atoms with van der Waals surface area (Å²) in [6.07, 6.45) is 9.04. The van der Waals surface area contributed by atoms with E-state index in [2.05, 4.69) is 29.1 Å². The van der Waals surface area contributed by atoms with Crippen LogP contribution in [0.1, 0.15) is 65.2 Å². The Hall–Kier alpha value is -1.26. The average molecular weight is 325 g/mol. The first-order valence-corrected chi connectivity index (χ1v) is 9.34. The number of carbonyl (C=O) groups excluding carboxylic acids is 1. The van der Waals surface area contributed by atoms with Crippen LogP contribution in [0.5, 0.6) is 0 Å². The number of amides is 1. The normalized spacial score (nSPS) is 20.4. The highest BCUT2D eigenvalue weighted by Crippen LogP contribution is 2.20. The topological polar surface area (TPSA) is 70.7 Å². The van der Waals surface area contributed by atoms with Gasteiger partial charge in [-0.25, -0.2) is 0 Å². The summed E-state index contributed by atoms with van der Waals surface area (Å²) in [5.41, 5.74) is 5.35. The summed E-state index contributed by atoms with van der Waals surface area (Å²) in [6, 6.07) is 0. The molecule has 5 heteroatoms. The van der Waals surface area contributed by atoms with E-state index in [1.54, 1.807) is 0 Å². The lowest BCUT2D eigenvalue weighted by Gasteiger charge is -2.35. The number of primary amides is 1. The fraction of sp³-hybridized carbons (Fsp3) is 0.889. The van der Waals surface area contributed by atoms with Crippen molar-refractivity contribution in [2.75, 3.05) is 26.7 Å². The Bertz CT molecular complexity index is 370. The molecular formula is C18H36N4O. The third-order valence-corrected chi connectivity index (χ3v) is 4.73. The molecule has 1 saturated heterocycles. The largest absolute Gasteiger partial charge is 0.370 e. The van der Waals surface area contributed by atoms with Gasteiger partial charge < -0.3 is 16.0 Å². The second-order valence-corrected chi connectivity index (χ2v) is 6.85. The first-order chi connectivity index (χ1) is 11.1. The van der Waals surface area contributed by atoms with Crippen LogP contribution in [-0.4, -0.2) is 43.4 Å². The van der Waals surface area contributed by atoms with Crippen LogP contribution in [0.3, 0.4) is 0 Å². The summed E-state index contributed by atoms with van der Waals surface area (Å²) in [7, 11) is 1.85. The molecule has 2 unspecified atom stereocenters. The molecule has 134 valence electrons. The fourth-order valence-electron chi connectivity index (χ4n) is 3.53. The van der Waals surface area contributed by atoms with Crippen molar-refractivity contribution in [2.24, 2.45) is 22.6 Å². The van der Waals surface area contributed by atoms with E-state index in [-0.39, 0.29) is 5.91 Å². The fourth-order valence-corrected chi connectivity index (χ4v) is 3.53. The van der Waals surface area contributed by atoms with Crippen LogP contribution >= 0.6 is 0 Å². The highest BCUT2D eigenvalue weighted by atomic mass is 16.1. The molecule has 1 aliphatic rings. The van der Waals surface area contributed by atoms with Crippen LogP contribution in [0, 0.1) is 11.8 Å². The van der Waals surface area contributed by atoms with Gasteiger partial charge in [0, 0.05) is 33.1 Å². The second kappa shape index (κ2) is 11.3. The predicted octanol–water partition coefficient (Wildman–Crippen LogP) is 2.76. The number of guanidine groups is 1. The van der Waals surface area contributed by atoms with Gasteiger partial charge in [0.05, 0.1) is 0 Å². The summed E-state index contributed by atoms with van der Waals surface area (Å²) in [6.45, 7) is 7.41. The van der Waals surface area contributed by atoms with Gasteiger partial charge in [-0.3, -0.25) is 9.79 Å². The van der Waals surface area contributed by atoms with Gasteiger partial charge in [0.2, 0.25) is 5.91 Å². The van der Waals surface area contributed by atoms with Crippen molar-refractivity contribution in [3.63, 3.8) is 0 Å². The van der Waals surface area contributed by atoms with Crippen molar-refractivity contribution < 1.29 is 4.79 Å². The van der Waals surface area contributed by atoms with Crippen LogP contribution in [0.4, 0.5) is 0 Å². The predicted molar refractivity (Wildman–Crippen MR) is 97.4 cm³/mol. The number of rotatable bonds is 9.